The number of halogens is 1. The zero-order valence-electron chi connectivity index (χ0n) is 15.8. The Hall–Kier alpha value is -1.15. The predicted octanol–water partition coefficient (Wildman–Crippen LogP) is 1.91. The second-order valence-corrected chi connectivity index (χ2v) is 9.88. The second kappa shape index (κ2) is 8.90. The summed E-state index contributed by atoms with van der Waals surface area (Å²) in [4.78, 5) is 14.1. The summed E-state index contributed by atoms with van der Waals surface area (Å²) in [6.07, 6.45) is 6.32. The third-order valence-electron chi connectivity index (χ3n) is 5.65. The Kier molecular flexibility index (Phi) is 6.78. The summed E-state index contributed by atoms with van der Waals surface area (Å²) in [7, 11) is -3.56. The van der Waals surface area contributed by atoms with Gasteiger partial charge in [-0.15, -0.1) is 0 Å². The highest BCUT2D eigenvalue weighted by Gasteiger charge is 2.29. The molecule has 8 heteroatoms. The van der Waals surface area contributed by atoms with E-state index in [1.54, 1.807) is 6.07 Å². The fraction of sp³-hybridized carbons (Fsp3) is 0.632. The van der Waals surface area contributed by atoms with Gasteiger partial charge in [0, 0.05) is 13.1 Å². The van der Waals surface area contributed by atoms with Gasteiger partial charge in [-0.1, -0.05) is 18.0 Å². The van der Waals surface area contributed by atoms with E-state index in [9.17, 15) is 13.2 Å². The summed E-state index contributed by atoms with van der Waals surface area (Å²) in [6.45, 7) is 4.99. The number of hydrogen-bond acceptors (Lipinski definition) is 3. The molecule has 2 saturated heterocycles. The van der Waals surface area contributed by atoms with Crippen LogP contribution in [0.1, 0.15) is 45.4 Å². The first kappa shape index (κ1) is 20.6. The van der Waals surface area contributed by atoms with Gasteiger partial charge in [-0.2, -0.15) is 4.31 Å². The minimum Gasteiger partial charge on any atom is -0.325 e. The monoisotopic (exact) mass is 414 g/mol. The Labute approximate surface area is 166 Å². The van der Waals surface area contributed by atoms with Crippen LogP contribution in [0.3, 0.4) is 0 Å². The fourth-order valence-electron chi connectivity index (χ4n) is 3.88. The molecule has 2 aliphatic heterocycles. The van der Waals surface area contributed by atoms with Gasteiger partial charge in [0.1, 0.15) is 0 Å². The summed E-state index contributed by atoms with van der Waals surface area (Å²) in [5.74, 6) is -0.124. The van der Waals surface area contributed by atoms with Gasteiger partial charge in [0.15, 0.2) is 6.04 Å². The molecule has 150 valence electrons. The number of nitrogens with zero attached hydrogens (tertiary/aromatic N) is 1. The van der Waals surface area contributed by atoms with Crippen molar-refractivity contribution in [1.82, 2.24) is 4.31 Å². The normalized spacial score (nSPS) is 21.0. The molecule has 2 N–H and O–H groups in total. The molecule has 6 nitrogen and oxygen atoms in total. The van der Waals surface area contributed by atoms with Crippen LogP contribution in [-0.4, -0.2) is 50.9 Å². The molecular formula is C19H29ClN3O3S+. The lowest BCUT2D eigenvalue weighted by Gasteiger charge is -2.28. The lowest BCUT2D eigenvalue weighted by molar-refractivity contribution is -0.918. The van der Waals surface area contributed by atoms with Crippen LogP contribution in [0.2, 0.25) is 5.02 Å². The van der Waals surface area contributed by atoms with Gasteiger partial charge < -0.3 is 10.2 Å². The molecule has 0 spiro atoms. The number of sulfonamides is 1. The van der Waals surface area contributed by atoms with Gasteiger partial charge in [0.2, 0.25) is 10.0 Å². The number of carbonyl (C=O) groups is 1. The smallest absolute Gasteiger partial charge is 0.282 e. The first-order valence-corrected chi connectivity index (χ1v) is 11.7. The van der Waals surface area contributed by atoms with Crippen molar-refractivity contribution in [2.75, 3.05) is 31.5 Å². The van der Waals surface area contributed by atoms with Crippen molar-refractivity contribution < 1.29 is 18.1 Å². The van der Waals surface area contributed by atoms with Crippen molar-refractivity contribution in [1.29, 1.82) is 0 Å². The van der Waals surface area contributed by atoms with Gasteiger partial charge in [0.05, 0.1) is 28.7 Å². The first-order valence-electron chi connectivity index (χ1n) is 9.85. The van der Waals surface area contributed by atoms with Crippen molar-refractivity contribution in [3.63, 3.8) is 0 Å². The number of piperidine rings is 2. The number of likely N-dealkylation sites (tertiary alicyclic amines) is 1. The molecule has 2 fully saturated rings. The van der Waals surface area contributed by atoms with Crippen LogP contribution in [0, 0.1) is 0 Å². The van der Waals surface area contributed by atoms with Crippen molar-refractivity contribution in [3.8, 4) is 0 Å². The number of benzene rings is 1. The average Bonchev–Trinajstić information content (AvgIpc) is 2.70. The molecule has 0 unspecified atom stereocenters. The largest absolute Gasteiger partial charge is 0.325 e. The number of rotatable bonds is 5. The summed E-state index contributed by atoms with van der Waals surface area (Å²) in [5, 5.41) is 3.20. The maximum absolute atomic E-state index is 12.9. The van der Waals surface area contributed by atoms with E-state index in [1.807, 2.05) is 6.92 Å². The molecule has 0 radical (unpaired) electrons. The summed E-state index contributed by atoms with van der Waals surface area (Å²) in [6, 6.07) is 4.36. The second-order valence-electron chi connectivity index (χ2n) is 7.54. The predicted molar refractivity (Wildman–Crippen MR) is 107 cm³/mol. The zero-order chi connectivity index (χ0) is 19.4. The van der Waals surface area contributed by atoms with E-state index >= 15 is 0 Å². The maximum Gasteiger partial charge on any atom is 0.282 e. The highest BCUT2D eigenvalue weighted by Crippen LogP contribution is 2.28. The Bertz CT molecular complexity index is 772. The molecule has 2 aliphatic rings. The van der Waals surface area contributed by atoms with E-state index in [4.69, 9.17) is 11.6 Å². The summed E-state index contributed by atoms with van der Waals surface area (Å²) >= 11 is 6.24. The molecule has 0 bridgehead atoms. The molecule has 3 rings (SSSR count). The van der Waals surface area contributed by atoms with Crippen LogP contribution in [0.25, 0.3) is 0 Å². The number of nitrogens with one attached hydrogen (secondary N) is 2. The van der Waals surface area contributed by atoms with Crippen molar-refractivity contribution in [2.45, 2.75) is 56.4 Å². The van der Waals surface area contributed by atoms with Crippen LogP contribution in [0.5, 0.6) is 0 Å². The number of anilines is 1. The van der Waals surface area contributed by atoms with Gasteiger partial charge in [-0.05, 0) is 57.2 Å². The molecular weight excluding hydrogens is 386 g/mol. The Morgan fingerprint density at radius 1 is 1.11 bits per heavy atom. The first-order chi connectivity index (χ1) is 12.9. The number of hydrogen-bond donors (Lipinski definition) is 2. The van der Waals surface area contributed by atoms with E-state index in [-0.39, 0.29) is 16.8 Å². The lowest BCUT2D eigenvalue weighted by atomic mass is 10.1. The summed E-state index contributed by atoms with van der Waals surface area (Å²) in [5.41, 5.74) is 0.364. The highest BCUT2D eigenvalue weighted by molar-refractivity contribution is 7.89. The van der Waals surface area contributed by atoms with Crippen molar-refractivity contribution in [2.24, 2.45) is 0 Å². The Morgan fingerprint density at radius 2 is 1.74 bits per heavy atom. The van der Waals surface area contributed by atoms with Gasteiger partial charge in [-0.3, -0.25) is 4.79 Å². The molecule has 1 aromatic rings. The molecule has 1 atom stereocenters. The van der Waals surface area contributed by atoms with Crippen LogP contribution < -0.4 is 10.2 Å². The number of carbonyl (C=O) groups excluding carboxylic acids is 1. The van der Waals surface area contributed by atoms with Crippen LogP contribution in [0.15, 0.2) is 23.1 Å². The maximum atomic E-state index is 12.9. The zero-order valence-corrected chi connectivity index (χ0v) is 17.4. The van der Waals surface area contributed by atoms with Crippen LogP contribution in [-0.2, 0) is 14.8 Å². The van der Waals surface area contributed by atoms with E-state index in [1.165, 1.54) is 27.8 Å². The minimum absolute atomic E-state index is 0.124. The van der Waals surface area contributed by atoms with Crippen molar-refractivity contribution >= 4 is 33.2 Å². The number of quaternary nitrogens is 1. The van der Waals surface area contributed by atoms with Gasteiger partial charge >= 0.3 is 0 Å². The van der Waals surface area contributed by atoms with E-state index < -0.39 is 10.0 Å². The molecule has 0 aromatic heterocycles. The SMILES string of the molecule is C[C@@H](C(=O)Nc1cc(S(=O)(=O)N2CCCCC2)ccc1Cl)[NH+]1CCCCC1. The minimum atomic E-state index is -3.56. The molecule has 27 heavy (non-hydrogen) atoms. The van der Waals surface area contributed by atoms with Gasteiger partial charge in [-0.25, -0.2) is 8.42 Å². The van der Waals surface area contributed by atoms with E-state index in [2.05, 4.69) is 5.32 Å². The standard InChI is InChI=1S/C19H28ClN3O3S/c1-15(22-10-4-2-5-11-22)19(24)21-18-14-16(8-9-17(18)20)27(25,26)23-12-6-3-7-13-23/h8-9,14-15H,2-7,10-13H2,1H3,(H,21,24)/p+1/t15-/m0/s1. The average molecular weight is 415 g/mol. The quantitative estimate of drug-likeness (QED) is 0.773. The lowest BCUT2D eigenvalue weighted by Crippen LogP contribution is -3.17. The third kappa shape index (κ3) is 4.83. The Morgan fingerprint density at radius 3 is 2.41 bits per heavy atom. The highest BCUT2D eigenvalue weighted by atomic mass is 35.5. The molecule has 1 aromatic carbocycles. The van der Waals surface area contributed by atoms with Crippen LogP contribution in [0.4, 0.5) is 5.69 Å². The molecule has 0 aliphatic carbocycles. The molecule has 0 saturated carbocycles. The van der Waals surface area contributed by atoms with Crippen molar-refractivity contribution in [3.05, 3.63) is 23.2 Å². The fourth-order valence-corrected chi connectivity index (χ4v) is 5.59. The molecule has 2 heterocycles. The number of amides is 1. The van der Waals surface area contributed by atoms with Gasteiger partial charge in [0.25, 0.3) is 5.91 Å². The van der Waals surface area contributed by atoms with E-state index in [0.717, 1.165) is 45.2 Å². The Balaban J connectivity index is 1.75. The van der Waals surface area contributed by atoms with E-state index in [0.29, 0.717) is 23.8 Å². The third-order valence-corrected chi connectivity index (χ3v) is 7.87. The van der Waals surface area contributed by atoms with Crippen LogP contribution >= 0.6 is 11.6 Å². The topological polar surface area (TPSA) is 70.9 Å². The summed E-state index contributed by atoms with van der Waals surface area (Å²) < 4.78 is 27.3. The molecule has 1 amide bonds.